The van der Waals surface area contributed by atoms with Crippen LogP contribution < -0.4 is 0 Å². The van der Waals surface area contributed by atoms with Crippen LogP contribution in [0.1, 0.15) is 0 Å². The van der Waals surface area contributed by atoms with Gasteiger partial charge in [0.15, 0.2) is 43.6 Å². The molecule has 0 saturated heterocycles. The maximum absolute atomic E-state index is 14.0. The first-order valence-electron chi connectivity index (χ1n) is 7.74. The van der Waals surface area contributed by atoms with E-state index >= 15 is 0 Å². The Morgan fingerprint density at radius 1 is 0.639 bits per heavy atom. The second-order valence-corrected chi connectivity index (χ2v) is 10.5. The van der Waals surface area contributed by atoms with Gasteiger partial charge in [0, 0.05) is 0 Å². The molecule has 23 heteroatoms. The highest BCUT2D eigenvalue weighted by atomic mass is 32.3. The number of rotatable bonds is 4. The third kappa shape index (κ3) is 4.78. The van der Waals surface area contributed by atoms with Gasteiger partial charge < -0.3 is 0 Å². The van der Waals surface area contributed by atoms with Crippen molar-refractivity contribution in [3.8, 4) is 0 Å². The molecule has 0 heterocycles. The van der Waals surface area contributed by atoms with Gasteiger partial charge in [0.25, 0.3) is 15.3 Å². The number of allylic oxidation sites excluding steroid dienone is 5. The molecule has 1 atom stereocenters. The largest absolute Gasteiger partial charge is 0.502 e. The summed E-state index contributed by atoms with van der Waals surface area (Å²) in [6.45, 7) is 0. The van der Waals surface area contributed by atoms with Crippen molar-refractivity contribution < 1.29 is 91.5 Å². The Balaban J connectivity index is 4.41. The van der Waals surface area contributed by atoms with E-state index in [1.54, 1.807) is 0 Å². The molecular formula is C13H3F17O4S2. The first-order chi connectivity index (χ1) is 15.5. The van der Waals surface area contributed by atoms with Crippen molar-refractivity contribution >= 4 is 19.7 Å². The lowest BCUT2D eigenvalue weighted by Gasteiger charge is -2.38. The SMILES string of the molecule is O=S(=O)(CC(C(F)(F)F)(C(F)(F)F)C(F)(F)F)/C(=C1\C(F)=C(F)C(F)=C(F)C1F)S(=O)(=O)C(F)(F)F. The standard InChI is InChI=1S/C13H3F17O4S2/c14-3-2(4(15)6(17)7(18)5(3)16)8(36(33,34)13(28,29)30)35(31,32)1-9(10(19,20)21,11(22,23)24)12(25,26)27/h3H,1H2/b8-2+. The molecule has 0 aromatic rings. The van der Waals surface area contributed by atoms with Gasteiger partial charge in [-0.2, -0.15) is 52.7 Å². The Labute approximate surface area is 186 Å². The van der Waals surface area contributed by atoms with Gasteiger partial charge in [-0.15, -0.1) is 0 Å². The third-order valence-electron chi connectivity index (χ3n) is 4.22. The fourth-order valence-corrected chi connectivity index (χ4v) is 6.74. The van der Waals surface area contributed by atoms with Crippen LogP contribution in [-0.4, -0.2) is 52.8 Å². The number of hydrogen-bond acceptors (Lipinski definition) is 4. The minimum atomic E-state index is -8.24. The first kappa shape index (κ1) is 32.0. The van der Waals surface area contributed by atoms with E-state index in [4.69, 9.17) is 0 Å². The van der Waals surface area contributed by atoms with Gasteiger partial charge in [-0.25, -0.2) is 38.8 Å². The van der Waals surface area contributed by atoms with Crippen LogP contribution >= 0.6 is 0 Å². The van der Waals surface area contributed by atoms with Crippen molar-refractivity contribution in [2.45, 2.75) is 30.2 Å². The van der Waals surface area contributed by atoms with E-state index in [1.165, 1.54) is 0 Å². The summed E-state index contributed by atoms with van der Waals surface area (Å²) in [6, 6.07) is 0. The molecule has 210 valence electrons. The molecule has 1 unspecified atom stereocenters. The van der Waals surface area contributed by atoms with E-state index in [0.29, 0.717) is 0 Å². The van der Waals surface area contributed by atoms with E-state index in [-0.39, 0.29) is 0 Å². The summed E-state index contributed by atoms with van der Waals surface area (Å²) in [5.74, 6) is -18.8. The van der Waals surface area contributed by atoms with Gasteiger partial charge in [-0.1, -0.05) is 0 Å². The molecule has 0 saturated carbocycles. The van der Waals surface area contributed by atoms with Crippen LogP contribution in [0, 0.1) is 5.41 Å². The molecule has 0 amide bonds. The molecule has 0 bridgehead atoms. The Kier molecular flexibility index (Phi) is 7.77. The highest BCUT2D eigenvalue weighted by Crippen LogP contribution is 2.61. The van der Waals surface area contributed by atoms with Crippen molar-refractivity contribution in [1.29, 1.82) is 0 Å². The van der Waals surface area contributed by atoms with Crippen LogP contribution in [0.4, 0.5) is 74.6 Å². The molecule has 0 N–H and O–H groups in total. The van der Waals surface area contributed by atoms with Crippen molar-refractivity contribution in [1.82, 2.24) is 0 Å². The van der Waals surface area contributed by atoms with Gasteiger partial charge in [0.1, 0.15) is 0 Å². The Hall–Kier alpha value is -2.07. The smallest absolute Gasteiger partial charge is 0.234 e. The molecule has 0 aliphatic heterocycles. The molecule has 1 aliphatic rings. The number of halogens is 17. The summed E-state index contributed by atoms with van der Waals surface area (Å²) in [4.78, 5) is 0. The quantitative estimate of drug-likeness (QED) is 0.374. The van der Waals surface area contributed by atoms with Gasteiger partial charge in [0.2, 0.25) is 0 Å². The van der Waals surface area contributed by atoms with Crippen molar-refractivity contribution in [2.24, 2.45) is 5.41 Å². The average molecular weight is 610 g/mol. The summed E-state index contributed by atoms with van der Waals surface area (Å²) in [5.41, 5.74) is -18.6. The Morgan fingerprint density at radius 3 is 1.31 bits per heavy atom. The minimum Gasteiger partial charge on any atom is -0.234 e. The minimum absolute atomic E-state index is 3.31. The van der Waals surface area contributed by atoms with Crippen LogP contribution in [0.15, 0.2) is 33.1 Å². The van der Waals surface area contributed by atoms with Gasteiger partial charge in [-0.3, -0.25) is 0 Å². The van der Waals surface area contributed by atoms with Crippen LogP contribution in [-0.2, 0) is 19.7 Å². The lowest BCUT2D eigenvalue weighted by Crippen LogP contribution is -2.63. The fraction of sp³-hybridized carbons (Fsp3) is 0.538. The zero-order valence-corrected chi connectivity index (χ0v) is 17.3. The number of sulfone groups is 2. The second kappa shape index (κ2) is 8.75. The van der Waals surface area contributed by atoms with Crippen molar-refractivity contribution in [2.75, 3.05) is 5.75 Å². The van der Waals surface area contributed by atoms with Gasteiger partial charge in [-0.05, 0) is 0 Å². The molecule has 0 spiro atoms. The number of hydrogen-bond donors (Lipinski definition) is 0. The highest BCUT2D eigenvalue weighted by molar-refractivity contribution is 8.14. The lowest BCUT2D eigenvalue weighted by atomic mass is 9.88. The second-order valence-electron chi connectivity index (χ2n) is 6.46. The normalized spacial score (nSPS) is 21.3. The molecule has 1 rings (SSSR count). The number of alkyl halides is 13. The van der Waals surface area contributed by atoms with Crippen LogP contribution in [0.25, 0.3) is 0 Å². The summed E-state index contributed by atoms with van der Waals surface area (Å²) in [7, 11) is -16.3. The van der Waals surface area contributed by atoms with Crippen molar-refractivity contribution in [3.63, 3.8) is 0 Å². The van der Waals surface area contributed by atoms with Crippen LogP contribution in [0.5, 0.6) is 0 Å². The summed E-state index contributed by atoms with van der Waals surface area (Å²) in [5, 5.41) is 0. The molecule has 1 aliphatic carbocycles. The molecular weight excluding hydrogens is 607 g/mol. The topological polar surface area (TPSA) is 68.3 Å². The lowest BCUT2D eigenvalue weighted by molar-refractivity contribution is -0.418. The zero-order valence-electron chi connectivity index (χ0n) is 15.7. The molecule has 0 aromatic heterocycles. The highest BCUT2D eigenvalue weighted by Gasteiger charge is 2.85. The van der Waals surface area contributed by atoms with Gasteiger partial charge >= 0.3 is 24.0 Å². The summed E-state index contributed by atoms with van der Waals surface area (Å²) >= 11 is 0. The molecule has 0 fully saturated rings. The van der Waals surface area contributed by atoms with E-state index < -0.39 is 94.2 Å². The van der Waals surface area contributed by atoms with E-state index in [9.17, 15) is 91.5 Å². The van der Waals surface area contributed by atoms with Crippen molar-refractivity contribution in [3.05, 3.63) is 33.1 Å². The van der Waals surface area contributed by atoms with Gasteiger partial charge in [0.05, 0.1) is 11.3 Å². The third-order valence-corrected chi connectivity index (χ3v) is 8.55. The molecule has 4 nitrogen and oxygen atoms in total. The van der Waals surface area contributed by atoms with E-state index in [0.717, 1.165) is 0 Å². The van der Waals surface area contributed by atoms with E-state index in [1.807, 2.05) is 0 Å². The maximum Gasteiger partial charge on any atom is 0.502 e. The maximum atomic E-state index is 14.0. The molecule has 36 heavy (non-hydrogen) atoms. The summed E-state index contributed by atoms with van der Waals surface area (Å²) in [6.07, 6.45) is -28.4. The molecule has 0 aromatic carbocycles. The van der Waals surface area contributed by atoms with Crippen LogP contribution in [0.2, 0.25) is 0 Å². The van der Waals surface area contributed by atoms with E-state index in [2.05, 4.69) is 0 Å². The Morgan fingerprint density at radius 2 is 1.00 bits per heavy atom. The van der Waals surface area contributed by atoms with Crippen LogP contribution in [0.3, 0.4) is 0 Å². The zero-order chi connectivity index (χ0) is 29.2. The monoisotopic (exact) mass is 610 g/mol. The average Bonchev–Trinajstić information content (AvgIpc) is 2.62. The molecule has 0 radical (unpaired) electrons. The fourth-order valence-electron chi connectivity index (χ4n) is 2.52. The summed E-state index contributed by atoms with van der Waals surface area (Å²) < 4.78 is 267. The predicted molar refractivity (Wildman–Crippen MR) is 79.8 cm³/mol. The Bertz CT molecular complexity index is 1190. The first-order valence-corrected chi connectivity index (χ1v) is 10.9. The predicted octanol–water partition coefficient (Wildman–Crippen LogP) is 5.87.